The highest BCUT2D eigenvalue weighted by Gasteiger charge is 2.19. The first-order valence-electron chi connectivity index (χ1n) is 6.88. The van der Waals surface area contributed by atoms with E-state index in [0.29, 0.717) is 22.1 Å². The van der Waals surface area contributed by atoms with Gasteiger partial charge in [-0.2, -0.15) is 0 Å². The summed E-state index contributed by atoms with van der Waals surface area (Å²) in [4.78, 5) is 11.0. The molecule has 0 aliphatic heterocycles. The average molecular weight is 333 g/mol. The van der Waals surface area contributed by atoms with Crippen LogP contribution in [0.5, 0.6) is 0 Å². The summed E-state index contributed by atoms with van der Waals surface area (Å²) in [5.41, 5.74) is 1.73. The molecule has 0 radical (unpaired) electrons. The monoisotopic (exact) mass is 333 g/mol. The summed E-state index contributed by atoms with van der Waals surface area (Å²) in [6, 6.07) is 9.82. The number of carboxylic acids is 1. The Bertz CT molecular complexity index is 1020. The molecule has 0 amide bonds. The lowest BCUT2D eigenvalue weighted by molar-refractivity contribution is -0.136. The molecular weight excluding hydrogens is 318 g/mol. The molecule has 1 aromatic heterocycles. The van der Waals surface area contributed by atoms with E-state index >= 15 is 0 Å². The Hall–Kier alpha value is -2.38. The number of sulfonamides is 1. The number of aliphatic carboxylic acids is 1. The van der Waals surface area contributed by atoms with Gasteiger partial charge in [-0.25, -0.2) is 12.7 Å². The second kappa shape index (κ2) is 5.36. The van der Waals surface area contributed by atoms with E-state index in [2.05, 4.69) is 0 Å². The number of benzene rings is 2. The summed E-state index contributed by atoms with van der Waals surface area (Å²) in [6.45, 7) is 0. The van der Waals surface area contributed by atoms with E-state index in [1.807, 2.05) is 0 Å². The molecule has 0 fully saturated rings. The van der Waals surface area contributed by atoms with Crippen LogP contribution in [0.15, 0.2) is 45.7 Å². The quantitative estimate of drug-likeness (QED) is 0.792. The van der Waals surface area contributed by atoms with Crippen LogP contribution in [-0.4, -0.2) is 37.9 Å². The van der Waals surface area contributed by atoms with Crippen LogP contribution in [-0.2, 0) is 21.2 Å². The molecule has 0 aliphatic rings. The number of carbonyl (C=O) groups is 1. The maximum Gasteiger partial charge on any atom is 0.307 e. The van der Waals surface area contributed by atoms with E-state index in [1.165, 1.54) is 20.2 Å². The average Bonchev–Trinajstić information content (AvgIpc) is 2.82. The Kier molecular flexibility index (Phi) is 3.62. The molecule has 0 spiro atoms. The smallest absolute Gasteiger partial charge is 0.307 e. The second-order valence-corrected chi connectivity index (χ2v) is 7.60. The van der Waals surface area contributed by atoms with Crippen LogP contribution in [0.25, 0.3) is 21.9 Å². The Morgan fingerprint density at radius 3 is 2.48 bits per heavy atom. The third-order valence-corrected chi connectivity index (χ3v) is 5.45. The molecule has 0 saturated heterocycles. The third kappa shape index (κ3) is 2.69. The normalized spacial score (nSPS) is 12.3. The van der Waals surface area contributed by atoms with Crippen LogP contribution in [0.3, 0.4) is 0 Å². The number of fused-ring (bicyclic) bond motifs is 3. The number of carboxylic acid groups (broad SMARTS) is 1. The van der Waals surface area contributed by atoms with Gasteiger partial charge in [0.25, 0.3) is 0 Å². The van der Waals surface area contributed by atoms with Gasteiger partial charge < -0.3 is 9.52 Å². The molecular formula is C16H15NO5S. The standard InChI is InChI=1S/C16H15NO5S/c1-17(2)23(20,21)11-4-6-14-13(9-11)12-5-3-10(8-16(18)19)7-15(12)22-14/h3-7,9H,8H2,1-2H3,(H,18,19). The van der Waals surface area contributed by atoms with Gasteiger partial charge in [-0.15, -0.1) is 0 Å². The van der Waals surface area contributed by atoms with Gasteiger partial charge >= 0.3 is 5.97 Å². The molecule has 120 valence electrons. The van der Waals surface area contributed by atoms with Crippen LogP contribution in [0, 0.1) is 0 Å². The summed E-state index contributed by atoms with van der Waals surface area (Å²) < 4.78 is 31.3. The summed E-state index contributed by atoms with van der Waals surface area (Å²) in [5.74, 6) is -0.917. The van der Waals surface area contributed by atoms with E-state index in [9.17, 15) is 13.2 Å². The summed E-state index contributed by atoms with van der Waals surface area (Å²) in [5, 5.41) is 10.3. The summed E-state index contributed by atoms with van der Waals surface area (Å²) in [7, 11) is -0.570. The van der Waals surface area contributed by atoms with Crippen LogP contribution in [0.4, 0.5) is 0 Å². The molecule has 0 saturated carbocycles. The predicted octanol–water partition coefficient (Wildman–Crippen LogP) is 2.46. The van der Waals surface area contributed by atoms with Crippen molar-refractivity contribution in [3.63, 3.8) is 0 Å². The highest BCUT2D eigenvalue weighted by atomic mass is 32.2. The fourth-order valence-corrected chi connectivity index (χ4v) is 3.39. The van der Waals surface area contributed by atoms with Crippen molar-refractivity contribution in [2.24, 2.45) is 0 Å². The molecule has 3 aromatic rings. The SMILES string of the molecule is CN(C)S(=O)(=O)c1ccc2oc3cc(CC(=O)O)ccc3c2c1. The molecule has 1 heterocycles. The maximum absolute atomic E-state index is 12.2. The van der Waals surface area contributed by atoms with Gasteiger partial charge in [0.1, 0.15) is 11.2 Å². The summed E-state index contributed by atoms with van der Waals surface area (Å²) >= 11 is 0. The van der Waals surface area contributed by atoms with Crippen molar-refractivity contribution >= 4 is 37.9 Å². The third-order valence-electron chi connectivity index (χ3n) is 3.64. The summed E-state index contributed by atoms with van der Waals surface area (Å²) in [6.07, 6.45) is -0.0900. The molecule has 3 rings (SSSR count). The van der Waals surface area contributed by atoms with Gasteiger partial charge in [-0.05, 0) is 29.8 Å². The first kappa shape index (κ1) is 15.5. The molecule has 0 aliphatic carbocycles. The first-order chi connectivity index (χ1) is 10.8. The minimum atomic E-state index is -3.53. The Balaban J connectivity index is 2.19. The zero-order valence-electron chi connectivity index (χ0n) is 12.6. The number of furan rings is 1. The van der Waals surface area contributed by atoms with Gasteiger partial charge in [0.15, 0.2) is 0 Å². The predicted molar refractivity (Wildman–Crippen MR) is 85.9 cm³/mol. The van der Waals surface area contributed by atoms with Gasteiger partial charge in [0.2, 0.25) is 10.0 Å². The fourth-order valence-electron chi connectivity index (χ4n) is 2.46. The van der Waals surface area contributed by atoms with E-state index in [4.69, 9.17) is 9.52 Å². The second-order valence-electron chi connectivity index (χ2n) is 5.45. The lowest BCUT2D eigenvalue weighted by Crippen LogP contribution is -2.22. The molecule has 0 unspecified atom stereocenters. The topological polar surface area (TPSA) is 87.8 Å². The van der Waals surface area contributed by atoms with Crippen molar-refractivity contribution in [3.8, 4) is 0 Å². The highest BCUT2D eigenvalue weighted by molar-refractivity contribution is 7.89. The molecule has 7 heteroatoms. The zero-order valence-corrected chi connectivity index (χ0v) is 13.4. The van der Waals surface area contributed by atoms with Crippen molar-refractivity contribution in [2.45, 2.75) is 11.3 Å². The fraction of sp³-hybridized carbons (Fsp3) is 0.188. The Labute approximate surface area is 133 Å². The molecule has 1 N–H and O–H groups in total. The van der Waals surface area contributed by atoms with Crippen LogP contribution < -0.4 is 0 Å². The number of hydrogen-bond donors (Lipinski definition) is 1. The van der Waals surface area contributed by atoms with Gasteiger partial charge in [0.05, 0.1) is 11.3 Å². The van der Waals surface area contributed by atoms with Crippen molar-refractivity contribution in [1.29, 1.82) is 0 Å². The van der Waals surface area contributed by atoms with E-state index in [-0.39, 0.29) is 11.3 Å². The zero-order chi connectivity index (χ0) is 16.8. The Morgan fingerprint density at radius 1 is 1.09 bits per heavy atom. The maximum atomic E-state index is 12.2. The van der Waals surface area contributed by atoms with E-state index in [1.54, 1.807) is 30.3 Å². The Morgan fingerprint density at radius 2 is 1.83 bits per heavy atom. The van der Waals surface area contributed by atoms with Gasteiger partial charge in [0, 0.05) is 24.9 Å². The van der Waals surface area contributed by atoms with E-state index in [0.717, 1.165) is 9.69 Å². The van der Waals surface area contributed by atoms with E-state index < -0.39 is 16.0 Å². The molecule has 6 nitrogen and oxygen atoms in total. The largest absolute Gasteiger partial charge is 0.481 e. The lowest BCUT2D eigenvalue weighted by Gasteiger charge is -2.10. The van der Waals surface area contributed by atoms with Crippen LogP contribution in [0.1, 0.15) is 5.56 Å². The van der Waals surface area contributed by atoms with Crippen molar-refractivity contribution in [1.82, 2.24) is 4.31 Å². The van der Waals surface area contributed by atoms with Crippen molar-refractivity contribution in [2.75, 3.05) is 14.1 Å². The molecule has 2 aromatic carbocycles. The minimum absolute atomic E-state index is 0.0900. The first-order valence-corrected chi connectivity index (χ1v) is 8.32. The van der Waals surface area contributed by atoms with Crippen LogP contribution in [0.2, 0.25) is 0 Å². The number of nitrogens with zero attached hydrogens (tertiary/aromatic N) is 1. The van der Waals surface area contributed by atoms with Crippen molar-refractivity contribution in [3.05, 3.63) is 42.0 Å². The minimum Gasteiger partial charge on any atom is -0.481 e. The lowest BCUT2D eigenvalue weighted by atomic mass is 10.1. The van der Waals surface area contributed by atoms with Crippen LogP contribution >= 0.6 is 0 Å². The molecule has 23 heavy (non-hydrogen) atoms. The molecule has 0 atom stereocenters. The highest BCUT2D eigenvalue weighted by Crippen LogP contribution is 2.31. The van der Waals surface area contributed by atoms with Gasteiger partial charge in [-0.3, -0.25) is 4.79 Å². The molecule has 0 bridgehead atoms. The number of hydrogen-bond acceptors (Lipinski definition) is 4. The number of rotatable bonds is 4. The van der Waals surface area contributed by atoms with Crippen molar-refractivity contribution < 1.29 is 22.7 Å². The van der Waals surface area contributed by atoms with Gasteiger partial charge in [-0.1, -0.05) is 12.1 Å².